The Balaban J connectivity index is 2.72. The molecular weight excluding hydrogens is 190 g/mol. The van der Waals surface area contributed by atoms with Crippen molar-refractivity contribution < 1.29 is 9.47 Å². The second-order valence-corrected chi connectivity index (χ2v) is 3.38. The van der Waals surface area contributed by atoms with E-state index in [1.807, 2.05) is 25.2 Å². The number of methoxy groups -OCH3 is 2. The minimum Gasteiger partial charge on any atom is -0.497 e. The van der Waals surface area contributed by atoms with E-state index >= 15 is 0 Å². The quantitative estimate of drug-likeness (QED) is 0.725. The zero-order chi connectivity index (χ0) is 11.1. The van der Waals surface area contributed by atoms with Gasteiger partial charge in [0.15, 0.2) is 0 Å². The van der Waals surface area contributed by atoms with Crippen LogP contribution in [0.25, 0.3) is 0 Å². The molecule has 15 heavy (non-hydrogen) atoms. The first kappa shape index (κ1) is 11.9. The summed E-state index contributed by atoms with van der Waals surface area (Å²) in [4.78, 5) is 0. The standard InChI is InChI=1S/C12H19NO2/c1-13-8-4-5-10-9-11(14-2)6-7-12(10)15-3/h6-7,9,13H,4-5,8H2,1-3H3. The third-order valence-electron chi connectivity index (χ3n) is 2.36. The van der Waals surface area contributed by atoms with Crippen LogP contribution in [0.1, 0.15) is 12.0 Å². The maximum atomic E-state index is 5.30. The van der Waals surface area contributed by atoms with Crippen molar-refractivity contribution in [3.63, 3.8) is 0 Å². The Morgan fingerprint density at radius 3 is 2.60 bits per heavy atom. The maximum Gasteiger partial charge on any atom is 0.122 e. The van der Waals surface area contributed by atoms with Gasteiger partial charge in [0.05, 0.1) is 14.2 Å². The van der Waals surface area contributed by atoms with Crippen LogP contribution in [0.2, 0.25) is 0 Å². The molecule has 0 unspecified atom stereocenters. The Bertz CT molecular complexity index is 300. The van der Waals surface area contributed by atoms with Crippen molar-refractivity contribution in [1.29, 1.82) is 0 Å². The number of hydrogen-bond acceptors (Lipinski definition) is 3. The molecular formula is C12H19NO2. The van der Waals surface area contributed by atoms with E-state index in [1.165, 1.54) is 5.56 Å². The monoisotopic (exact) mass is 209 g/mol. The topological polar surface area (TPSA) is 30.5 Å². The summed E-state index contributed by atoms with van der Waals surface area (Å²) in [6.45, 7) is 1.01. The van der Waals surface area contributed by atoms with Gasteiger partial charge < -0.3 is 14.8 Å². The van der Waals surface area contributed by atoms with Crippen LogP contribution in [0.5, 0.6) is 11.5 Å². The zero-order valence-electron chi connectivity index (χ0n) is 9.67. The smallest absolute Gasteiger partial charge is 0.122 e. The largest absolute Gasteiger partial charge is 0.497 e. The van der Waals surface area contributed by atoms with Gasteiger partial charge in [-0.05, 0) is 50.2 Å². The highest BCUT2D eigenvalue weighted by Crippen LogP contribution is 2.24. The number of hydrogen-bond donors (Lipinski definition) is 1. The molecule has 0 saturated heterocycles. The molecule has 0 aliphatic heterocycles. The molecule has 0 bridgehead atoms. The van der Waals surface area contributed by atoms with Crippen LogP contribution in [0.3, 0.4) is 0 Å². The Morgan fingerprint density at radius 1 is 1.20 bits per heavy atom. The van der Waals surface area contributed by atoms with Gasteiger partial charge in [-0.25, -0.2) is 0 Å². The minimum absolute atomic E-state index is 0.884. The summed E-state index contributed by atoms with van der Waals surface area (Å²) in [5.41, 5.74) is 1.20. The molecule has 0 heterocycles. The molecule has 1 aromatic carbocycles. The molecule has 1 aromatic rings. The summed E-state index contributed by atoms with van der Waals surface area (Å²) in [6, 6.07) is 5.91. The molecule has 3 nitrogen and oxygen atoms in total. The van der Waals surface area contributed by atoms with E-state index in [0.717, 1.165) is 30.9 Å². The van der Waals surface area contributed by atoms with Crippen molar-refractivity contribution in [3.05, 3.63) is 23.8 Å². The molecule has 0 aromatic heterocycles. The molecule has 0 amide bonds. The molecule has 1 rings (SSSR count). The number of rotatable bonds is 6. The minimum atomic E-state index is 0.884. The SMILES string of the molecule is CNCCCc1cc(OC)ccc1OC. The second kappa shape index (κ2) is 6.30. The Hall–Kier alpha value is -1.22. The van der Waals surface area contributed by atoms with Gasteiger partial charge in [-0.2, -0.15) is 0 Å². The summed E-state index contributed by atoms with van der Waals surface area (Å²) in [6.07, 6.45) is 2.10. The lowest BCUT2D eigenvalue weighted by molar-refractivity contribution is 0.398. The highest BCUT2D eigenvalue weighted by Gasteiger charge is 2.04. The normalized spacial score (nSPS) is 10.1. The Labute approximate surface area is 91.4 Å². The molecule has 0 spiro atoms. The lowest BCUT2D eigenvalue weighted by Gasteiger charge is -2.10. The molecule has 0 radical (unpaired) electrons. The van der Waals surface area contributed by atoms with Crippen molar-refractivity contribution in [2.45, 2.75) is 12.8 Å². The van der Waals surface area contributed by atoms with E-state index in [2.05, 4.69) is 5.32 Å². The molecule has 0 saturated carbocycles. The summed E-state index contributed by atoms with van der Waals surface area (Å²) < 4.78 is 10.5. The van der Waals surface area contributed by atoms with Crippen LogP contribution in [0, 0.1) is 0 Å². The number of aryl methyl sites for hydroxylation is 1. The number of benzene rings is 1. The van der Waals surface area contributed by atoms with Crippen molar-refractivity contribution in [2.75, 3.05) is 27.8 Å². The molecule has 0 fully saturated rings. The molecule has 0 atom stereocenters. The van der Waals surface area contributed by atoms with Gasteiger partial charge in [0.1, 0.15) is 11.5 Å². The van der Waals surface area contributed by atoms with Gasteiger partial charge in [0.2, 0.25) is 0 Å². The fourth-order valence-corrected chi connectivity index (χ4v) is 1.53. The van der Waals surface area contributed by atoms with Gasteiger partial charge in [0.25, 0.3) is 0 Å². The molecule has 3 heteroatoms. The third-order valence-corrected chi connectivity index (χ3v) is 2.36. The van der Waals surface area contributed by atoms with Gasteiger partial charge in [-0.15, -0.1) is 0 Å². The van der Waals surface area contributed by atoms with Crippen LogP contribution in [0.4, 0.5) is 0 Å². The predicted molar refractivity (Wildman–Crippen MR) is 61.8 cm³/mol. The first-order chi connectivity index (χ1) is 7.31. The van der Waals surface area contributed by atoms with Crippen molar-refractivity contribution in [3.8, 4) is 11.5 Å². The van der Waals surface area contributed by atoms with Crippen molar-refractivity contribution in [1.82, 2.24) is 5.32 Å². The van der Waals surface area contributed by atoms with Crippen LogP contribution in [-0.2, 0) is 6.42 Å². The van der Waals surface area contributed by atoms with Crippen molar-refractivity contribution in [2.24, 2.45) is 0 Å². The first-order valence-electron chi connectivity index (χ1n) is 5.17. The fraction of sp³-hybridized carbons (Fsp3) is 0.500. The van der Waals surface area contributed by atoms with E-state index in [1.54, 1.807) is 14.2 Å². The molecule has 84 valence electrons. The predicted octanol–water partition coefficient (Wildman–Crippen LogP) is 1.86. The van der Waals surface area contributed by atoms with E-state index < -0.39 is 0 Å². The highest BCUT2D eigenvalue weighted by atomic mass is 16.5. The lowest BCUT2D eigenvalue weighted by atomic mass is 10.1. The average Bonchev–Trinajstić information content (AvgIpc) is 2.29. The highest BCUT2D eigenvalue weighted by molar-refractivity contribution is 5.40. The third kappa shape index (κ3) is 3.44. The second-order valence-electron chi connectivity index (χ2n) is 3.38. The van der Waals surface area contributed by atoms with E-state index in [-0.39, 0.29) is 0 Å². The van der Waals surface area contributed by atoms with Crippen LogP contribution in [0.15, 0.2) is 18.2 Å². The van der Waals surface area contributed by atoms with Gasteiger partial charge in [-0.3, -0.25) is 0 Å². The maximum absolute atomic E-state index is 5.30. The summed E-state index contributed by atoms with van der Waals surface area (Å²) >= 11 is 0. The zero-order valence-corrected chi connectivity index (χ0v) is 9.67. The Morgan fingerprint density at radius 2 is 2.00 bits per heavy atom. The van der Waals surface area contributed by atoms with Crippen LogP contribution in [-0.4, -0.2) is 27.8 Å². The lowest BCUT2D eigenvalue weighted by Crippen LogP contribution is -2.08. The summed E-state index contributed by atoms with van der Waals surface area (Å²) in [5, 5.41) is 3.13. The average molecular weight is 209 g/mol. The van der Waals surface area contributed by atoms with Crippen LogP contribution >= 0.6 is 0 Å². The first-order valence-corrected chi connectivity index (χ1v) is 5.17. The Kier molecular flexibility index (Phi) is 4.98. The molecule has 0 aliphatic carbocycles. The number of nitrogens with one attached hydrogen (secondary N) is 1. The van der Waals surface area contributed by atoms with E-state index in [9.17, 15) is 0 Å². The molecule has 1 N–H and O–H groups in total. The number of ether oxygens (including phenoxy) is 2. The summed E-state index contributed by atoms with van der Waals surface area (Å²) in [7, 11) is 5.34. The van der Waals surface area contributed by atoms with Gasteiger partial charge in [-0.1, -0.05) is 0 Å². The van der Waals surface area contributed by atoms with Crippen molar-refractivity contribution >= 4 is 0 Å². The molecule has 0 aliphatic rings. The van der Waals surface area contributed by atoms with Gasteiger partial charge >= 0.3 is 0 Å². The summed E-state index contributed by atoms with van der Waals surface area (Å²) in [5.74, 6) is 1.82. The van der Waals surface area contributed by atoms with E-state index in [4.69, 9.17) is 9.47 Å². The van der Waals surface area contributed by atoms with Crippen LogP contribution < -0.4 is 14.8 Å². The van der Waals surface area contributed by atoms with Gasteiger partial charge in [0, 0.05) is 0 Å². The fourth-order valence-electron chi connectivity index (χ4n) is 1.53. The van der Waals surface area contributed by atoms with E-state index in [0.29, 0.717) is 0 Å².